The molecule has 3 N–H and O–H groups in total. The monoisotopic (exact) mass is 363 g/mol. The van der Waals surface area contributed by atoms with Crippen molar-refractivity contribution in [3.05, 3.63) is 65.2 Å². The van der Waals surface area contributed by atoms with Gasteiger partial charge < -0.3 is 15.8 Å². The molecule has 0 spiro atoms. The second-order valence-electron chi connectivity index (χ2n) is 5.63. The van der Waals surface area contributed by atoms with E-state index in [2.05, 4.69) is 31.7 Å². The highest BCUT2D eigenvalue weighted by Crippen LogP contribution is 2.32. The van der Waals surface area contributed by atoms with Crippen molar-refractivity contribution in [2.45, 2.75) is 6.42 Å². The second kappa shape index (κ2) is 7.37. The molecule has 0 unspecified atom stereocenters. The molecule has 3 aromatic heterocycles. The third-order valence-corrected chi connectivity index (χ3v) is 4.83. The van der Waals surface area contributed by atoms with Crippen LogP contribution in [0.3, 0.4) is 0 Å². The molecule has 3 heterocycles. The zero-order valence-corrected chi connectivity index (χ0v) is 14.7. The minimum absolute atomic E-state index is 0.316. The van der Waals surface area contributed by atoms with Crippen molar-refractivity contribution in [2.75, 3.05) is 17.6 Å². The fraction of sp³-hybridized carbons (Fsp3) is 0.105. The lowest BCUT2D eigenvalue weighted by Crippen LogP contribution is -2.09. The van der Waals surface area contributed by atoms with Crippen molar-refractivity contribution in [1.29, 1.82) is 0 Å². The van der Waals surface area contributed by atoms with E-state index in [0.717, 1.165) is 23.9 Å². The number of thiophene rings is 1. The minimum atomic E-state index is 0.316. The molecule has 4 aromatic rings. The first-order chi connectivity index (χ1) is 12.8. The van der Waals surface area contributed by atoms with Crippen LogP contribution >= 0.6 is 11.3 Å². The van der Waals surface area contributed by atoms with Crippen LogP contribution in [0.25, 0.3) is 10.9 Å². The molecule has 1 aromatic carbocycles. The fourth-order valence-electron chi connectivity index (χ4n) is 2.62. The van der Waals surface area contributed by atoms with Crippen LogP contribution < -0.4 is 15.8 Å². The van der Waals surface area contributed by atoms with Crippen molar-refractivity contribution >= 4 is 33.7 Å². The van der Waals surface area contributed by atoms with E-state index >= 15 is 0 Å². The maximum Gasteiger partial charge on any atom is 0.248 e. The van der Waals surface area contributed by atoms with E-state index in [-0.39, 0.29) is 0 Å². The Labute approximate surface area is 154 Å². The molecule has 0 aliphatic heterocycles. The molecular weight excluding hydrogens is 346 g/mol. The lowest BCUT2D eigenvalue weighted by atomic mass is 10.2. The summed E-state index contributed by atoms with van der Waals surface area (Å²) < 4.78 is 5.94. The molecule has 0 atom stereocenters. The fourth-order valence-corrected chi connectivity index (χ4v) is 3.33. The normalized spacial score (nSPS) is 10.8. The van der Waals surface area contributed by atoms with E-state index in [1.807, 2.05) is 36.4 Å². The molecule has 0 saturated heterocycles. The van der Waals surface area contributed by atoms with Gasteiger partial charge in [0.1, 0.15) is 17.5 Å². The third kappa shape index (κ3) is 3.43. The number of hydrogen-bond acceptors (Lipinski definition) is 7. The maximum absolute atomic E-state index is 6.20. The first-order valence-electron chi connectivity index (χ1n) is 8.19. The van der Waals surface area contributed by atoms with Crippen molar-refractivity contribution < 1.29 is 4.74 Å². The van der Waals surface area contributed by atoms with Crippen LogP contribution in [0.1, 0.15) is 4.88 Å². The third-order valence-electron chi connectivity index (χ3n) is 3.89. The van der Waals surface area contributed by atoms with Crippen LogP contribution in [-0.4, -0.2) is 21.5 Å². The summed E-state index contributed by atoms with van der Waals surface area (Å²) in [5.74, 6) is 1.49. The number of nitrogens with two attached hydrogens (primary N) is 1. The number of nitrogens with zero attached hydrogens (tertiary/aromatic N) is 3. The quantitative estimate of drug-likeness (QED) is 0.536. The molecule has 6 nitrogen and oxygen atoms in total. The molecule has 0 radical (unpaired) electrons. The van der Waals surface area contributed by atoms with Gasteiger partial charge in [-0.25, -0.2) is 4.98 Å². The zero-order valence-electron chi connectivity index (χ0n) is 13.9. The largest absolute Gasteiger partial charge is 0.435 e. The Morgan fingerprint density at radius 1 is 1.04 bits per heavy atom. The van der Waals surface area contributed by atoms with Gasteiger partial charge in [0.05, 0.1) is 0 Å². The Balaban J connectivity index is 1.53. The van der Waals surface area contributed by atoms with E-state index in [1.54, 1.807) is 17.5 Å². The summed E-state index contributed by atoms with van der Waals surface area (Å²) in [5, 5.41) is 6.31. The number of nitrogen functional groups attached to an aromatic ring is 1. The Morgan fingerprint density at radius 3 is 2.85 bits per heavy atom. The Bertz CT molecular complexity index is 1010. The van der Waals surface area contributed by atoms with Gasteiger partial charge >= 0.3 is 0 Å². The number of para-hydroxylation sites is 1. The predicted molar refractivity (Wildman–Crippen MR) is 105 cm³/mol. The Kier molecular flexibility index (Phi) is 4.61. The molecule has 0 bridgehead atoms. The molecule has 0 fully saturated rings. The van der Waals surface area contributed by atoms with Crippen LogP contribution in [0.5, 0.6) is 11.6 Å². The van der Waals surface area contributed by atoms with Gasteiger partial charge in [0, 0.05) is 23.0 Å². The van der Waals surface area contributed by atoms with Gasteiger partial charge in [-0.1, -0.05) is 24.3 Å². The van der Waals surface area contributed by atoms with E-state index in [1.165, 1.54) is 11.2 Å². The van der Waals surface area contributed by atoms with Crippen LogP contribution in [0, 0.1) is 0 Å². The molecule has 26 heavy (non-hydrogen) atoms. The summed E-state index contributed by atoms with van der Waals surface area (Å²) in [7, 11) is 0. The topological polar surface area (TPSA) is 86.0 Å². The minimum Gasteiger partial charge on any atom is -0.435 e. The second-order valence-corrected chi connectivity index (χ2v) is 6.66. The van der Waals surface area contributed by atoms with E-state index in [9.17, 15) is 0 Å². The lowest BCUT2D eigenvalue weighted by molar-refractivity contribution is 0.469. The molecule has 0 aliphatic rings. The predicted octanol–water partition coefficient (Wildman–Crippen LogP) is 4.12. The molecule has 0 amide bonds. The smallest absolute Gasteiger partial charge is 0.248 e. The Morgan fingerprint density at radius 2 is 1.96 bits per heavy atom. The summed E-state index contributed by atoms with van der Waals surface area (Å²) >= 11 is 1.73. The standard InChI is InChI=1S/C19H17N5OS/c20-16-18(22-10-8-14-6-3-11-26-14)23-12-24-19(16)25-15-7-1-4-13-5-2-9-21-17(13)15/h1-7,9,11-12H,8,10,20H2,(H,22,23,24). The SMILES string of the molecule is Nc1c(NCCc2cccs2)ncnc1Oc1cccc2cccnc12. The number of hydrogen-bond donors (Lipinski definition) is 2. The number of fused-ring (bicyclic) bond motifs is 1. The summed E-state index contributed by atoms with van der Waals surface area (Å²) in [6.07, 6.45) is 4.08. The van der Waals surface area contributed by atoms with Crippen LogP contribution in [0.15, 0.2) is 60.4 Å². The van der Waals surface area contributed by atoms with Crippen molar-refractivity contribution in [2.24, 2.45) is 0 Å². The van der Waals surface area contributed by atoms with Gasteiger partial charge in [-0.15, -0.1) is 11.3 Å². The van der Waals surface area contributed by atoms with Gasteiger partial charge in [-0.2, -0.15) is 4.98 Å². The number of ether oxygens (including phenoxy) is 1. The molecule has 0 aliphatic carbocycles. The molecule has 0 saturated carbocycles. The van der Waals surface area contributed by atoms with Crippen molar-refractivity contribution in [1.82, 2.24) is 15.0 Å². The van der Waals surface area contributed by atoms with E-state index < -0.39 is 0 Å². The highest BCUT2D eigenvalue weighted by molar-refractivity contribution is 7.09. The van der Waals surface area contributed by atoms with Crippen LogP contribution in [-0.2, 0) is 6.42 Å². The van der Waals surface area contributed by atoms with Crippen molar-refractivity contribution in [3.8, 4) is 11.6 Å². The first-order valence-corrected chi connectivity index (χ1v) is 9.07. The summed E-state index contributed by atoms with van der Waals surface area (Å²) in [5.41, 5.74) is 7.35. The van der Waals surface area contributed by atoms with E-state index in [0.29, 0.717) is 23.1 Å². The number of pyridine rings is 1. The number of benzene rings is 1. The first kappa shape index (κ1) is 16.3. The molecule has 7 heteroatoms. The van der Waals surface area contributed by atoms with Gasteiger partial charge in [0.2, 0.25) is 5.88 Å². The van der Waals surface area contributed by atoms with Gasteiger partial charge in [-0.3, -0.25) is 4.98 Å². The molecule has 4 rings (SSSR count). The van der Waals surface area contributed by atoms with E-state index in [4.69, 9.17) is 10.5 Å². The Hall–Kier alpha value is -3.19. The zero-order chi connectivity index (χ0) is 17.8. The average molecular weight is 363 g/mol. The van der Waals surface area contributed by atoms with Gasteiger partial charge in [-0.05, 0) is 30.0 Å². The molecule has 130 valence electrons. The maximum atomic E-state index is 6.20. The summed E-state index contributed by atoms with van der Waals surface area (Å²) in [6, 6.07) is 13.8. The highest BCUT2D eigenvalue weighted by Gasteiger charge is 2.12. The van der Waals surface area contributed by atoms with Gasteiger partial charge in [0.25, 0.3) is 0 Å². The summed E-state index contributed by atoms with van der Waals surface area (Å²) in [4.78, 5) is 14.1. The van der Waals surface area contributed by atoms with Crippen molar-refractivity contribution in [3.63, 3.8) is 0 Å². The number of nitrogens with one attached hydrogen (secondary N) is 1. The number of anilines is 2. The average Bonchev–Trinajstić information content (AvgIpc) is 3.18. The number of rotatable bonds is 6. The number of aromatic nitrogens is 3. The van der Waals surface area contributed by atoms with Crippen LogP contribution in [0.2, 0.25) is 0 Å². The molecular formula is C19H17N5OS. The lowest BCUT2D eigenvalue weighted by Gasteiger charge is -2.12. The van der Waals surface area contributed by atoms with Crippen LogP contribution in [0.4, 0.5) is 11.5 Å². The summed E-state index contributed by atoms with van der Waals surface area (Å²) in [6.45, 7) is 0.733. The van der Waals surface area contributed by atoms with Gasteiger partial charge in [0.15, 0.2) is 11.6 Å². The highest BCUT2D eigenvalue weighted by atomic mass is 32.1.